The molecule has 0 aromatic rings. The van der Waals surface area contributed by atoms with E-state index in [0.717, 1.165) is 6.92 Å². The lowest BCUT2D eigenvalue weighted by Crippen LogP contribution is -2.59. The van der Waals surface area contributed by atoms with E-state index in [9.17, 15) is 19.5 Å². The van der Waals surface area contributed by atoms with Gasteiger partial charge in [-0.05, 0) is 6.92 Å². The molecular formula is C31H59NO18. The summed E-state index contributed by atoms with van der Waals surface area (Å²) in [7, 11) is 1.63. The van der Waals surface area contributed by atoms with Gasteiger partial charge in [0.1, 0.15) is 0 Å². The van der Waals surface area contributed by atoms with Crippen molar-refractivity contribution >= 4 is 17.8 Å². The molecule has 296 valence electrons. The van der Waals surface area contributed by atoms with Crippen LogP contribution >= 0.6 is 0 Å². The van der Waals surface area contributed by atoms with E-state index < -0.39 is 29.5 Å². The summed E-state index contributed by atoms with van der Waals surface area (Å²) >= 11 is 0. The summed E-state index contributed by atoms with van der Waals surface area (Å²) in [6.45, 7) is 10.5. The van der Waals surface area contributed by atoms with Gasteiger partial charge in [0.15, 0.2) is 11.6 Å². The van der Waals surface area contributed by atoms with Crippen LogP contribution in [0.3, 0.4) is 0 Å². The average Bonchev–Trinajstić information content (AvgIpc) is 3.08. The molecule has 0 saturated heterocycles. The first-order chi connectivity index (χ1) is 24.2. The van der Waals surface area contributed by atoms with Gasteiger partial charge >= 0.3 is 11.9 Å². The van der Waals surface area contributed by atoms with Gasteiger partial charge in [-0.3, -0.25) is 4.79 Å². The summed E-state index contributed by atoms with van der Waals surface area (Å²) < 4.78 is 64.2. The number of methoxy groups -OCH3 is 1. The number of carbonyl (C=O) groups is 3. The molecule has 2 atom stereocenters. The summed E-state index contributed by atoms with van der Waals surface area (Å²) in [6.07, 6.45) is -0.224. The zero-order valence-corrected chi connectivity index (χ0v) is 29.5. The van der Waals surface area contributed by atoms with Crippen LogP contribution in [-0.4, -0.2) is 204 Å². The summed E-state index contributed by atoms with van der Waals surface area (Å²) in [6, 6.07) is -2.01. The molecule has 0 fully saturated rings. The summed E-state index contributed by atoms with van der Waals surface area (Å²) in [5.74, 6) is -4.22. The van der Waals surface area contributed by atoms with Crippen LogP contribution in [0, 0.1) is 0 Å². The van der Waals surface area contributed by atoms with Gasteiger partial charge in [-0.1, -0.05) is 0 Å². The van der Waals surface area contributed by atoms with Gasteiger partial charge < -0.3 is 77.5 Å². The van der Waals surface area contributed by atoms with Crippen LogP contribution in [0.25, 0.3) is 0 Å². The molecule has 0 aromatic heterocycles. The molecule has 50 heavy (non-hydrogen) atoms. The van der Waals surface area contributed by atoms with E-state index in [1.54, 1.807) is 7.11 Å². The molecule has 1 amide bonds. The second kappa shape index (κ2) is 35.3. The summed E-state index contributed by atoms with van der Waals surface area (Å²) in [4.78, 5) is 34.1. The lowest BCUT2D eigenvalue weighted by Gasteiger charge is -2.26. The zero-order valence-electron chi connectivity index (χ0n) is 29.5. The Balaban J connectivity index is 3.27. The van der Waals surface area contributed by atoms with Crippen molar-refractivity contribution in [1.29, 1.82) is 0 Å². The van der Waals surface area contributed by atoms with Gasteiger partial charge in [0.2, 0.25) is 5.91 Å². The lowest BCUT2D eigenvalue weighted by atomic mass is 9.96. The fourth-order valence-corrected chi connectivity index (χ4v) is 3.41. The van der Waals surface area contributed by atoms with Crippen molar-refractivity contribution in [3.8, 4) is 0 Å². The summed E-state index contributed by atoms with van der Waals surface area (Å²) in [5.41, 5.74) is -2.67. The molecule has 0 aromatic carbocycles. The van der Waals surface area contributed by atoms with Crippen LogP contribution in [0.2, 0.25) is 0 Å². The number of carbonyl (C=O) groups excluding carboxylic acids is 1. The van der Waals surface area contributed by atoms with Crippen LogP contribution in [0.1, 0.15) is 13.3 Å². The Morgan fingerprint density at radius 2 is 0.720 bits per heavy atom. The Morgan fingerprint density at radius 3 is 0.940 bits per heavy atom. The minimum atomic E-state index is -2.67. The first-order valence-corrected chi connectivity index (χ1v) is 16.6. The fraction of sp³-hybridized carbons (Fsp3) is 0.903. The number of nitrogens with one attached hydrogen (secondary N) is 1. The van der Waals surface area contributed by atoms with Crippen LogP contribution < -0.4 is 5.32 Å². The van der Waals surface area contributed by atoms with E-state index >= 15 is 0 Å². The monoisotopic (exact) mass is 733 g/mol. The maximum absolute atomic E-state index is 11.9. The van der Waals surface area contributed by atoms with E-state index in [1.807, 2.05) is 5.32 Å². The Hall–Kier alpha value is -2.11. The first kappa shape index (κ1) is 47.9. The number of hydrogen-bond donors (Lipinski definition) is 4. The normalized spacial score (nSPS) is 13.3. The molecule has 0 aliphatic rings. The van der Waals surface area contributed by atoms with Gasteiger partial charge in [0.05, 0.1) is 152 Å². The highest BCUT2D eigenvalue weighted by Crippen LogP contribution is 2.11. The van der Waals surface area contributed by atoms with Crippen molar-refractivity contribution in [1.82, 2.24) is 5.32 Å². The second-order valence-electron chi connectivity index (χ2n) is 10.3. The van der Waals surface area contributed by atoms with Crippen molar-refractivity contribution < 1.29 is 86.5 Å². The quantitative estimate of drug-likeness (QED) is 0.0531. The predicted molar refractivity (Wildman–Crippen MR) is 173 cm³/mol. The number of ether oxygens (including phenoxy) is 12. The Labute approximate surface area is 293 Å². The van der Waals surface area contributed by atoms with Crippen LogP contribution in [0.15, 0.2) is 0 Å². The maximum atomic E-state index is 11.9. The van der Waals surface area contributed by atoms with E-state index in [1.165, 1.54) is 0 Å². The standard InChI is InChI=1S/C31H59NO18/c1-31(38,30(36)37)28(29(34)35)32-27(33)3-4-40-7-8-42-11-12-44-15-16-46-19-20-48-23-24-50-26-25-49-22-21-47-18-17-45-14-13-43-10-9-41-6-5-39-2/h28,38H,3-26H2,1-2H3,(H,32,33)(H,34,35)(H,36,37). The lowest BCUT2D eigenvalue weighted by molar-refractivity contribution is -0.168. The molecule has 2 unspecified atom stereocenters. The van der Waals surface area contributed by atoms with Crippen molar-refractivity contribution in [3.05, 3.63) is 0 Å². The third kappa shape index (κ3) is 30.7. The number of hydrogen-bond acceptors (Lipinski definition) is 16. The van der Waals surface area contributed by atoms with Crippen molar-refractivity contribution in [2.45, 2.75) is 25.0 Å². The molecule has 0 rings (SSSR count). The zero-order chi connectivity index (χ0) is 37.0. The van der Waals surface area contributed by atoms with Crippen molar-refractivity contribution in [2.75, 3.05) is 159 Å². The largest absolute Gasteiger partial charge is 0.480 e. The molecule has 4 N–H and O–H groups in total. The van der Waals surface area contributed by atoms with Crippen molar-refractivity contribution in [2.24, 2.45) is 0 Å². The molecule has 19 heteroatoms. The van der Waals surface area contributed by atoms with Gasteiger partial charge in [-0.15, -0.1) is 0 Å². The smallest absolute Gasteiger partial charge is 0.338 e. The first-order valence-electron chi connectivity index (χ1n) is 16.6. The van der Waals surface area contributed by atoms with E-state index in [-0.39, 0.29) is 26.2 Å². The molecule has 19 nitrogen and oxygen atoms in total. The molecule has 0 spiro atoms. The fourth-order valence-electron chi connectivity index (χ4n) is 3.41. The number of carboxylic acid groups (broad SMARTS) is 2. The molecule has 0 bridgehead atoms. The minimum Gasteiger partial charge on any atom is -0.480 e. The van der Waals surface area contributed by atoms with Crippen molar-refractivity contribution in [3.63, 3.8) is 0 Å². The van der Waals surface area contributed by atoms with E-state index in [4.69, 9.17) is 67.1 Å². The minimum absolute atomic E-state index is 0.0446. The second-order valence-corrected chi connectivity index (χ2v) is 10.3. The van der Waals surface area contributed by atoms with Gasteiger partial charge in [-0.2, -0.15) is 0 Å². The van der Waals surface area contributed by atoms with E-state index in [2.05, 4.69) is 0 Å². The molecule has 0 heterocycles. The topological polar surface area (TPSA) is 235 Å². The van der Waals surface area contributed by atoms with Gasteiger partial charge in [0, 0.05) is 13.5 Å². The molecule has 0 radical (unpaired) electrons. The number of amides is 1. The Kier molecular flexibility index (Phi) is 33.8. The highest BCUT2D eigenvalue weighted by atomic mass is 16.6. The molecular weight excluding hydrogens is 674 g/mol. The van der Waals surface area contributed by atoms with Crippen LogP contribution in [0.4, 0.5) is 0 Å². The highest BCUT2D eigenvalue weighted by Gasteiger charge is 2.45. The average molecular weight is 734 g/mol. The van der Waals surface area contributed by atoms with Gasteiger partial charge in [-0.25, -0.2) is 9.59 Å². The molecule has 0 aliphatic heterocycles. The third-order valence-corrected chi connectivity index (χ3v) is 6.17. The SMILES string of the molecule is COCCOCCOCCOCCOCCOCCOCCOCCOCCOCCOCCOCCC(=O)NC(C(=O)O)C(C)(O)C(=O)O. The Bertz CT molecular complexity index is 806. The van der Waals surface area contributed by atoms with E-state index in [0.29, 0.717) is 132 Å². The van der Waals surface area contributed by atoms with Crippen LogP contribution in [0.5, 0.6) is 0 Å². The Morgan fingerprint density at radius 1 is 0.480 bits per heavy atom. The number of aliphatic hydroxyl groups is 1. The number of rotatable bonds is 40. The van der Waals surface area contributed by atoms with Gasteiger partial charge in [0.25, 0.3) is 0 Å². The predicted octanol–water partition coefficient (Wildman–Crippen LogP) is -1.39. The third-order valence-electron chi connectivity index (χ3n) is 6.17. The summed E-state index contributed by atoms with van der Waals surface area (Å²) in [5, 5.41) is 29.8. The maximum Gasteiger partial charge on any atom is 0.338 e. The highest BCUT2D eigenvalue weighted by molar-refractivity contribution is 5.91. The number of carboxylic acids is 2. The molecule has 0 saturated carbocycles. The molecule has 0 aliphatic carbocycles. The van der Waals surface area contributed by atoms with Crippen LogP contribution in [-0.2, 0) is 71.2 Å². The number of aliphatic carboxylic acids is 2.